The molecule has 1 aromatic heterocycles. The molecule has 3 rings (SSSR count). The molecule has 1 aliphatic heterocycles. The van der Waals surface area contributed by atoms with Gasteiger partial charge in [-0.2, -0.15) is 5.26 Å². The molecule has 19 heavy (non-hydrogen) atoms. The average molecular weight is 256 g/mol. The van der Waals surface area contributed by atoms with Gasteiger partial charge in [0.05, 0.1) is 6.07 Å². The van der Waals surface area contributed by atoms with Crippen molar-refractivity contribution >= 4 is 16.9 Å². The molecule has 0 bridgehead atoms. The van der Waals surface area contributed by atoms with Crippen LogP contribution in [0.1, 0.15) is 27.7 Å². The molecule has 1 aliphatic rings. The van der Waals surface area contributed by atoms with Crippen molar-refractivity contribution in [3.05, 3.63) is 35.1 Å². The number of aromatic carboxylic acids is 1. The van der Waals surface area contributed by atoms with Crippen LogP contribution < -0.4 is 0 Å². The number of benzene rings is 1. The van der Waals surface area contributed by atoms with Crippen LogP contribution in [0.25, 0.3) is 11.0 Å². The maximum Gasteiger partial charge on any atom is 0.372 e. The van der Waals surface area contributed by atoms with E-state index in [4.69, 9.17) is 4.42 Å². The Labute approximate surface area is 109 Å². The van der Waals surface area contributed by atoms with E-state index in [2.05, 4.69) is 6.07 Å². The Bertz CT molecular complexity index is 711. The van der Waals surface area contributed by atoms with E-state index < -0.39 is 12.0 Å². The first-order chi connectivity index (χ1) is 9.13. The largest absolute Gasteiger partial charge is 0.475 e. The Balaban J connectivity index is 2.42. The van der Waals surface area contributed by atoms with Crippen LogP contribution in [0.4, 0.5) is 0 Å². The lowest BCUT2D eigenvalue weighted by Crippen LogP contribution is -2.25. The number of carboxylic acid groups (broad SMARTS) is 1. The molecule has 0 fully saturated rings. The first kappa shape index (κ1) is 11.8. The zero-order chi connectivity index (χ0) is 13.6. The highest BCUT2D eigenvalue weighted by Crippen LogP contribution is 2.37. The van der Waals surface area contributed by atoms with Gasteiger partial charge >= 0.3 is 5.97 Å². The summed E-state index contributed by atoms with van der Waals surface area (Å²) in [7, 11) is 1.82. The Hall–Kier alpha value is -2.32. The van der Waals surface area contributed by atoms with E-state index in [-0.39, 0.29) is 5.76 Å². The SMILES string of the molecule is CN1CCc2cccc3oc(C(=O)O)c(c23)C1C#N. The topological polar surface area (TPSA) is 77.5 Å². The highest BCUT2D eigenvalue weighted by Gasteiger charge is 2.32. The molecule has 1 unspecified atom stereocenters. The Morgan fingerprint density at radius 3 is 3.05 bits per heavy atom. The zero-order valence-electron chi connectivity index (χ0n) is 10.4. The standard InChI is InChI=1S/C14H12N2O3/c1-16-6-5-8-3-2-4-10-11(8)12(9(16)7-15)13(19-10)14(17)18/h2-4,9H,5-6H2,1H3,(H,17,18). The minimum absolute atomic E-state index is 0.122. The summed E-state index contributed by atoms with van der Waals surface area (Å²) in [6.45, 7) is 0.713. The fourth-order valence-electron chi connectivity index (χ4n) is 2.68. The number of carboxylic acids is 1. The molecule has 0 amide bonds. The van der Waals surface area contributed by atoms with Crippen molar-refractivity contribution < 1.29 is 14.3 Å². The maximum absolute atomic E-state index is 11.3. The molecule has 2 heterocycles. The summed E-state index contributed by atoms with van der Waals surface area (Å²) in [4.78, 5) is 13.2. The predicted molar refractivity (Wildman–Crippen MR) is 67.9 cm³/mol. The number of rotatable bonds is 1. The van der Waals surface area contributed by atoms with Gasteiger partial charge in [0.1, 0.15) is 11.6 Å². The van der Waals surface area contributed by atoms with Crippen LogP contribution in [0.2, 0.25) is 0 Å². The fourth-order valence-corrected chi connectivity index (χ4v) is 2.68. The van der Waals surface area contributed by atoms with E-state index >= 15 is 0 Å². The molecular formula is C14H12N2O3. The third kappa shape index (κ3) is 1.61. The number of carbonyl (C=O) groups is 1. The average Bonchev–Trinajstić information content (AvgIpc) is 2.70. The number of furan rings is 1. The molecule has 0 saturated carbocycles. The number of nitriles is 1. The summed E-state index contributed by atoms with van der Waals surface area (Å²) in [5, 5.41) is 19.4. The molecule has 96 valence electrons. The van der Waals surface area contributed by atoms with Crippen molar-refractivity contribution in [1.29, 1.82) is 5.26 Å². The van der Waals surface area contributed by atoms with Crippen molar-refractivity contribution in [3.8, 4) is 6.07 Å². The van der Waals surface area contributed by atoms with Gasteiger partial charge in [0.25, 0.3) is 0 Å². The normalized spacial score (nSPS) is 19.1. The van der Waals surface area contributed by atoms with Crippen LogP contribution in [0.5, 0.6) is 0 Å². The lowest BCUT2D eigenvalue weighted by Gasteiger charge is -2.19. The molecule has 1 aromatic carbocycles. The highest BCUT2D eigenvalue weighted by molar-refractivity contribution is 5.97. The monoisotopic (exact) mass is 256 g/mol. The maximum atomic E-state index is 11.3. The van der Waals surface area contributed by atoms with Gasteiger partial charge in [-0.1, -0.05) is 12.1 Å². The van der Waals surface area contributed by atoms with Gasteiger partial charge in [-0.15, -0.1) is 0 Å². The Kier molecular flexibility index (Phi) is 2.54. The first-order valence-electron chi connectivity index (χ1n) is 6.01. The van der Waals surface area contributed by atoms with Gasteiger partial charge in [-0.3, -0.25) is 4.90 Å². The molecule has 0 spiro atoms. The van der Waals surface area contributed by atoms with Gasteiger partial charge in [0.2, 0.25) is 5.76 Å². The van der Waals surface area contributed by atoms with Crippen molar-refractivity contribution in [1.82, 2.24) is 4.90 Å². The smallest absolute Gasteiger partial charge is 0.372 e. The molecule has 0 aliphatic carbocycles. The summed E-state index contributed by atoms with van der Waals surface area (Å²) >= 11 is 0. The summed E-state index contributed by atoms with van der Waals surface area (Å²) in [6.07, 6.45) is 0.775. The van der Waals surface area contributed by atoms with Crippen LogP contribution in [0.3, 0.4) is 0 Å². The second-order valence-electron chi connectivity index (χ2n) is 4.70. The number of hydrogen-bond donors (Lipinski definition) is 1. The van der Waals surface area contributed by atoms with Crippen LogP contribution in [-0.2, 0) is 6.42 Å². The molecule has 2 aromatic rings. The summed E-state index contributed by atoms with van der Waals surface area (Å²) in [6, 6.07) is 7.15. The van der Waals surface area contributed by atoms with E-state index in [0.717, 1.165) is 17.4 Å². The molecule has 1 atom stereocenters. The third-order valence-electron chi connectivity index (χ3n) is 3.60. The van der Waals surface area contributed by atoms with Gasteiger partial charge in [0.15, 0.2) is 0 Å². The van der Waals surface area contributed by atoms with Crippen LogP contribution >= 0.6 is 0 Å². The van der Waals surface area contributed by atoms with E-state index in [0.29, 0.717) is 17.7 Å². The van der Waals surface area contributed by atoms with Crippen LogP contribution in [0.15, 0.2) is 22.6 Å². The van der Waals surface area contributed by atoms with E-state index in [1.807, 2.05) is 24.1 Å². The molecule has 0 radical (unpaired) electrons. The van der Waals surface area contributed by atoms with E-state index in [1.54, 1.807) is 6.07 Å². The quantitative estimate of drug-likeness (QED) is 0.846. The fraction of sp³-hybridized carbons (Fsp3) is 0.286. The van der Waals surface area contributed by atoms with Crippen LogP contribution in [0, 0.1) is 11.3 Å². The molecule has 5 heteroatoms. The van der Waals surface area contributed by atoms with Gasteiger partial charge in [-0.25, -0.2) is 4.79 Å². The molecule has 0 saturated heterocycles. The van der Waals surface area contributed by atoms with E-state index in [1.165, 1.54) is 0 Å². The zero-order valence-corrected chi connectivity index (χ0v) is 10.4. The summed E-state index contributed by atoms with van der Waals surface area (Å²) < 4.78 is 5.43. The second kappa shape index (κ2) is 4.11. The molecular weight excluding hydrogens is 244 g/mol. The molecule has 5 nitrogen and oxygen atoms in total. The lowest BCUT2D eigenvalue weighted by atomic mass is 10.00. The summed E-state index contributed by atoms with van der Waals surface area (Å²) in [5.74, 6) is -1.25. The second-order valence-corrected chi connectivity index (χ2v) is 4.70. The van der Waals surface area contributed by atoms with E-state index in [9.17, 15) is 15.2 Å². The van der Waals surface area contributed by atoms with Gasteiger partial charge in [0, 0.05) is 17.5 Å². The Morgan fingerprint density at radius 1 is 1.58 bits per heavy atom. The Morgan fingerprint density at radius 2 is 2.37 bits per heavy atom. The number of likely N-dealkylation sites (N-methyl/N-ethyl adjacent to an activating group) is 1. The van der Waals surface area contributed by atoms with Gasteiger partial charge in [-0.05, 0) is 25.1 Å². The minimum atomic E-state index is -1.13. The van der Waals surface area contributed by atoms with Crippen molar-refractivity contribution in [2.45, 2.75) is 12.5 Å². The highest BCUT2D eigenvalue weighted by atomic mass is 16.4. The van der Waals surface area contributed by atoms with Crippen molar-refractivity contribution in [3.63, 3.8) is 0 Å². The number of nitrogens with zero attached hydrogens (tertiary/aromatic N) is 2. The number of hydrogen-bond acceptors (Lipinski definition) is 4. The van der Waals surface area contributed by atoms with Crippen molar-refractivity contribution in [2.75, 3.05) is 13.6 Å². The van der Waals surface area contributed by atoms with Gasteiger partial charge < -0.3 is 9.52 Å². The summed E-state index contributed by atoms with van der Waals surface area (Å²) in [5.41, 5.74) is 2.06. The minimum Gasteiger partial charge on any atom is -0.475 e. The third-order valence-corrected chi connectivity index (χ3v) is 3.60. The molecule has 1 N–H and O–H groups in total. The lowest BCUT2D eigenvalue weighted by molar-refractivity contribution is 0.0661. The predicted octanol–water partition coefficient (Wildman–Crippen LogP) is 2.18. The first-order valence-corrected chi connectivity index (χ1v) is 6.01. The van der Waals surface area contributed by atoms with Crippen LogP contribution in [-0.4, -0.2) is 29.6 Å². The van der Waals surface area contributed by atoms with Crippen molar-refractivity contribution in [2.24, 2.45) is 0 Å².